The Morgan fingerprint density at radius 1 is 1.07 bits per heavy atom. The van der Waals surface area contributed by atoms with Gasteiger partial charge in [0.1, 0.15) is 30.8 Å². The Morgan fingerprint density at radius 3 is 2.46 bits per heavy atom. The largest absolute Gasteiger partial charge is 0.491 e. The molecule has 1 fully saturated rings. The molecule has 0 aromatic heterocycles. The lowest BCUT2D eigenvalue weighted by atomic mass is 10.1. The molecule has 2 aromatic rings. The van der Waals surface area contributed by atoms with E-state index in [1.807, 2.05) is 24.3 Å². The van der Waals surface area contributed by atoms with E-state index in [0.29, 0.717) is 10.7 Å². The number of para-hydroxylation sites is 1. The van der Waals surface area contributed by atoms with Crippen LogP contribution in [0.2, 0.25) is 0 Å². The van der Waals surface area contributed by atoms with E-state index in [-0.39, 0.29) is 24.4 Å². The van der Waals surface area contributed by atoms with Gasteiger partial charge in [-0.2, -0.15) is 0 Å². The Kier molecular flexibility index (Phi) is 6.73. The molecule has 0 aliphatic carbocycles. The van der Waals surface area contributed by atoms with E-state index in [2.05, 4.69) is 12.2 Å². The third-order valence-electron chi connectivity index (χ3n) is 4.05. The molecule has 1 heterocycles. The van der Waals surface area contributed by atoms with Gasteiger partial charge in [0, 0.05) is 0 Å². The lowest BCUT2D eigenvalue weighted by Gasteiger charge is -2.15. The standard InChI is InChI=1S/C21H21NO5S/c1-2-15-5-3-4-6-18(15)27-13-16(23)12-26-17-9-7-14(8-10-17)11-19-20(24)22-21(25)28-19/h3-11,16,23H,2,12-13H2,1H3,(H,22,24,25)/b19-11-/t16-/m0/s1. The number of nitrogens with one attached hydrogen (secondary N) is 1. The van der Waals surface area contributed by atoms with Gasteiger partial charge < -0.3 is 14.6 Å². The van der Waals surface area contributed by atoms with Crippen LogP contribution in [0.15, 0.2) is 53.4 Å². The van der Waals surface area contributed by atoms with E-state index in [9.17, 15) is 14.7 Å². The summed E-state index contributed by atoms with van der Waals surface area (Å²) in [4.78, 5) is 23.1. The maximum atomic E-state index is 11.6. The molecule has 3 rings (SSSR count). The Morgan fingerprint density at radius 2 is 1.79 bits per heavy atom. The van der Waals surface area contributed by atoms with Gasteiger partial charge in [-0.25, -0.2) is 0 Å². The number of rotatable bonds is 8. The maximum absolute atomic E-state index is 11.6. The molecule has 6 nitrogen and oxygen atoms in total. The van der Waals surface area contributed by atoms with Gasteiger partial charge in [-0.1, -0.05) is 37.3 Å². The molecule has 1 aliphatic rings. The van der Waals surface area contributed by atoms with Crippen LogP contribution in [0.25, 0.3) is 6.08 Å². The third-order valence-corrected chi connectivity index (χ3v) is 4.86. The minimum atomic E-state index is -0.767. The molecule has 2 N–H and O–H groups in total. The number of imide groups is 1. The van der Waals surface area contributed by atoms with Crippen molar-refractivity contribution in [3.63, 3.8) is 0 Å². The smallest absolute Gasteiger partial charge is 0.290 e. The van der Waals surface area contributed by atoms with Gasteiger partial charge >= 0.3 is 0 Å². The molecule has 0 spiro atoms. The number of aliphatic hydroxyl groups excluding tert-OH is 1. The minimum Gasteiger partial charge on any atom is -0.491 e. The van der Waals surface area contributed by atoms with Crippen molar-refractivity contribution in [2.45, 2.75) is 19.4 Å². The van der Waals surface area contributed by atoms with Crippen molar-refractivity contribution in [1.29, 1.82) is 0 Å². The Bertz CT molecular complexity index is 879. The summed E-state index contributed by atoms with van der Waals surface area (Å²) in [5, 5.41) is 11.9. The number of ether oxygens (including phenoxy) is 2. The van der Waals surface area contributed by atoms with E-state index in [1.54, 1.807) is 30.3 Å². The second-order valence-electron chi connectivity index (χ2n) is 6.16. The number of carbonyl (C=O) groups excluding carboxylic acids is 2. The second kappa shape index (κ2) is 9.43. The van der Waals surface area contributed by atoms with E-state index in [0.717, 1.165) is 35.1 Å². The molecule has 2 aromatic carbocycles. The van der Waals surface area contributed by atoms with Crippen LogP contribution >= 0.6 is 11.8 Å². The molecule has 0 radical (unpaired) electrons. The summed E-state index contributed by atoms with van der Waals surface area (Å²) in [5.41, 5.74) is 1.87. The second-order valence-corrected chi connectivity index (χ2v) is 7.17. The first-order valence-electron chi connectivity index (χ1n) is 8.91. The highest BCUT2D eigenvalue weighted by molar-refractivity contribution is 8.18. The van der Waals surface area contributed by atoms with Gasteiger partial charge in [0.15, 0.2) is 0 Å². The van der Waals surface area contributed by atoms with Crippen LogP contribution in [-0.4, -0.2) is 35.6 Å². The van der Waals surface area contributed by atoms with Crippen LogP contribution in [0.5, 0.6) is 11.5 Å². The number of benzene rings is 2. The first-order chi connectivity index (χ1) is 13.5. The van der Waals surface area contributed by atoms with E-state index in [1.165, 1.54) is 0 Å². The molecule has 146 valence electrons. The topological polar surface area (TPSA) is 84.9 Å². The fourth-order valence-corrected chi connectivity index (χ4v) is 3.28. The van der Waals surface area contributed by atoms with E-state index < -0.39 is 6.10 Å². The monoisotopic (exact) mass is 399 g/mol. The van der Waals surface area contributed by atoms with Crippen molar-refractivity contribution < 1.29 is 24.2 Å². The zero-order valence-corrected chi connectivity index (χ0v) is 16.2. The molecule has 1 atom stereocenters. The molecule has 0 unspecified atom stereocenters. The average molecular weight is 399 g/mol. The molecular formula is C21H21NO5S. The van der Waals surface area contributed by atoms with Gasteiger partial charge in [-0.05, 0) is 53.6 Å². The van der Waals surface area contributed by atoms with Gasteiger partial charge in [0.2, 0.25) is 0 Å². The highest BCUT2D eigenvalue weighted by atomic mass is 32.2. The SMILES string of the molecule is CCc1ccccc1OC[C@@H](O)COc1ccc(/C=C2\SC(=O)NC2=O)cc1. The normalized spacial score (nSPS) is 16.1. The quantitative estimate of drug-likeness (QED) is 0.662. The summed E-state index contributed by atoms with van der Waals surface area (Å²) >= 11 is 0.876. The van der Waals surface area contributed by atoms with Gasteiger partial charge in [0.05, 0.1) is 4.91 Å². The van der Waals surface area contributed by atoms with Crippen LogP contribution in [0.3, 0.4) is 0 Å². The van der Waals surface area contributed by atoms with Crippen LogP contribution in [0.4, 0.5) is 4.79 Å². The summed E-state index contributed by atoms with van der Waals surface area (Å²) in [6.45, 7) is 2.29. The fourth-order valence-electron chi connectivity index (χ4n) is 2.60. The minimum absolute atomic E-state index is 0.0987. The predicted octanol–water partition coefficient (Wildman–Crippen LogP) is 3.39. The number of hydrogen-bond donors (Lipinski definition) is 2. The third kappa shape index (κ3) is 5.37. The summed E-state index contributed by atoms with van der Waals surface area (Å²) in [6.07, 6.45) is 1.73. The average Bonchev–Trinajstić information content (AvgIpc) is 3.02. The number of carbonyl (C=O) groups is 2. The lowest BCUT2D eigenvalue weighted by Crippen LogP contribution is -2.25. The molecule has 28 heavy (non-hydrogen) atoms. The lowest BCUT2D eigenvalue weighted by molar-refractivity contribution is -0.115. The highest BCUT2D eigenvalue weighted by Gasteiger charge is 2.24. The van der Waals surface area contributed by atoms with E-state index in [4.69, 9.17) is 9.47 Å². The summed E-state index contributed by atoms with van der Waals surface area (Å²) < 4.78 is 11.3. The Balaban J connectivity index is 1.48. The Hall–Kier alpha value is -2.77. The van der Waals surface area contributed by atoms with Crippen LogP contribution in [0, 0.1) is 0 Å². The van der Waals surface area contributed by atoms with E-state index >= 15 is 0 Å². The molecule has 2 amide bonds. The van der Waals surface area contributed by atoms with Crippen molar-refractivity contribution in [2.24, 2.45) is 0 Å². The van der Waals surface area contributed by atoms with Crippen LogP contribution < -0.4 is 14.8 Å². The number of hydrogen-bond acceptors (Lipinski definition) is 6. The zero-order valence-electron chi connectivity index (χ0n) is 15.4. The van der Waals surface area contributed by atoms with Crippen molar-refractivity contribution in [3.05, 3.63) is 64.6 Å². The van der Waals surface area contributed by atoms with Gasteiger partial charge in [0.25, 0.3) is 11.1 Å². The van der Waals surface area contributed by atoms with Gasteiger partial charge in [-0.15, -0.1) is 0 Å². The first-order valence-corrected chi connectivity index (χ1v) is 9.73. The van der Waals surface area contributed by atoms with Crippen molar-refractivity contribution in [1.82, 2.24) is 5.32 Å². The van der Waals surface area contributed by atoms with Crippen molar-refractivity contribution in [2.75, 3.05) is 13.2 Å². The molecular weight excluding hydrogens is 378 g/mol. The molecule has 7 heteroatoms. The number of aryl methyl sites for hydroxylation is 1. The summed E-state index contributed by atoms with van der Waals surface area (Å²) in [5.74, 6) is 0.978. The van der Waals surface area contributed by atoms with Crippen LogP contribution in [-0.2, 0) is 11.2 Å². The molecule has 0 bridgehead atoms. The van der Waals surface area contributed by atoms with Crippen LogP contribution in [0.1, 0.15) is 18.1 Å². The fraction of sp³-hybridized carbons (Fsp3) is 0.238. The first kappa shape index (κ1) is 20.0. The van der Waals surface area contributed by atoms with Crippen molar-refractivity contribution >= 4 is 29.0 Å². The molecule has 1 saturated heterocycles. The molecule has 1 aliphatic heterocycles. The number of thioether (sulfide) groups is 1. The molecule has 0 saturated carbocycles. The van der Waals surface area contributed by atoms with Gasteiger partial charge in [-0.3, -0.25) is 14.9 Å². The predicted molar refractivity (Wildman–Crippen MR) is 108 cm³/mol. The zero-order chi connectivity index (χ0) is 19.9. The summed E-state index contributed by atoms with van der Waals surface area (Å²) in [6, 6.07) is 14.8. The number of aliphatic hydroxyl groups is 1. The Labute approximate surface area is 167 Å². The number of amides is 2. The summed E-state index contributed by atoms with van der Waals surface area (Å²) in [7, 11) is 0. The maximum Gasteiger partial charge on any atom is 0.290 e. The highest BCUT2D eigenvalue weighted by Crippen LogP contribution is 2.26. The van der Waals surface area contributed by atoms with Crippen molar-refractivity contribution in [3.8, 4) is 11.5 Å².